The van der Waals surface area contributed by atoms with Gasteiger partial charge in [0.25, 0.3) is 5.91 Å². The maximum Gasteiger partial charge on any atom is 0.408 e. The summed E-state index contributed by atoms with van der Waals surface area (Å²) in [7, 11) is 4.45. The summed E-state index contributed by atoms with van der Waals surface area (Å²) >= 11 is 0. The van der Waals surface area contributed by atoms with Crippen LogP contribution in [0.4, 0.5) is 4.79 Å². The van der Waals surface area contributed by atoms with E-state index in [9.17, 15) is 19.5 Å². The lowest BCUT2D eigenvalue weighted by atomic mass is 10.0. The van der Waals surface area contributed by atoms with Crippen molar-refractivity contribution in [3.63, 3.8) is 0 Å². The second-order valence-electron chi connectivity index (χ2n) is 22.8. The van der Waals surface area contributed by atoms with Crippen LogP contribution in [0, 0.1) is 0 Å². The highest BCUT2D eigenvalue weighted by molar-refractivity contribution is 6.76. The predicted molar refractivity (Wildman–Crippen MR) is 303 cm³/mol. The van der Waals surface area contributed by atoms with Crippen molar-refractivity contribution < 1.29 is 47.9 Å². The Labute approximate surface area is 454 Å². The molecule has 78 heavy (non-hydrogen) atoms. The highest BCUT2D eigenvalue weighted by atomic mass is 28.3. The Kier molecular flexibility index (Phi) is 17.1. The van der Waals surface area contributed by atoms with E-state index in [4.69, 9.17) is 43.5 Å². The summed E-state index contributed by atoms with van der Waals surface area (Å²) in [6.45, 7) is 21.6. The van der Waals surface area contributed by atoms with E-state index in [0.717, 1.165) is 33.9 Å². The van der Waals surface area contributed by atoms with Crippen LogP contribution in [0.5, 0.6) is 11.5 Å². The molecule has 2 amide bonds. The Morgan fingerprint density at radius 2 is 1.21 bits per heavy atom. The summed E-state index contributed by atoms with van der Waals surface area (Å²) in [5.41, 5.74) is 5.59. The zero-order chi connectivity index (χ0) is 56.3. The van der Waals surface area contributed by atoms with Gasteiger partial charge >= 0.3 is 12.1 Å². The molecule has 1 aliphatic rings. The number of aromatic carboxylic acids is 1. The maximum absolute atomic E-state index is 14.0. The maximum atomic E-state index is 14.0. The SMILES string of the molecule is COc1ccc2c(c1)c(-c1cnc3c(n1)c(C(=O)N[C@@H]1CCOC[C@@H]1NC(=O)OC(C)(C)C)cn3COCC[Si](C)(C)C)nn2C.COc1ccc2c(c1)c(-c1cnc3c(n1)c(C(=O)O)cn3COCC[Si](C)(C)C)nn2C. The van der Waals surface area contributed by atoms with Gasteiger partial charge in [-0.1, -0.05) is 39.3 Å². The second-order valence-corrected chi connectivity index (χ2v) is 34.0. The third-order valence-corrected chi connectivity index (χ3v) is 16.4. The van der Waals surface area contributed by atoms with Crippen molar-refractivity contribution in [1.29, 1.82) is 0 Å². The van der Waals surface area contributed by atoms with E-state index >= 15 is 0 Å². The van der Waals surface area contributed by atoms with Gasteiger partial charge in [-0.3, -0.25) is 14.2 Å². The molecule has 2 aromatic carbocycles. The number of carbonyl (C=O) groups is 3. The Balaban J connectivity index is 0.000000219. The van der Waals surface area contributed by atoms with Crippen molar-refractivity contribution in [1.82, 2.24) is 59.3 Å². The van der Waals surface area contributed by atoms with Crippen LogP contribution in [0.2, 0.25) is 51.4 Å². The summed E-state index contributed by atoms with van der Waals surface area (Å²) in [4.78, 5) is 57.3. The van der Waals surface area contributed by atoms with Gasteiger partial charge < -0.3 is 53.3 Å². The van der Waals surface area contributed by atoms with E-state index in [2.05, 4.69) is 65.0 Å². The largest absolute Gasteiger partial charge is 0.497 e. The van der Waals surface area contributed by atoms with Crippen molar-refractivity contribution in [2.45, 2.75) is 110 Å². The van der Waals surface area contributed by atoms with Crippen molar-refractivity contribution in [3.05, 3.63) is 72.3 Å². The molecule has 7 heterocycles. The van der Waals surface area contributed by atoms with Crippen molar-refractivity contribution in [2.75, 3.05) is 40.6 Å². The Hall–Kier alpha value is -7.26. The number of benzene rings is 2. The number of hydrogen-bond acceptors (Lipinski definition) is 15. The van der Waals surface area contributed by atoms with Crippen LogP contribution in [0.25, 0.3) is 66.9 Å². The van der Waals surface area contributed by atoms with Crippen LogP contribution in [-0.4, -0.2) is 146 Å². The molecule has 0 aliphatic carbocycles. The average molecular weight is 1110 g/mol. The normalized spacial score (nSPS) is 15.1. The average Bonchev–Trinajstić information content (AvgIpc) is 4.21. The highest BCUT2D eigenvalue weighted by Gasteiger charge is 2.32. The second kappa shape index (κ2) is 23.4. The topological polar surface area (TPSA) is 248 Å². The third-order valence-electron chi connectivity index (χ3n) is 13.0. The molecule has 0 bridgehead atoms. The molecule has 1 aliphatic heterocycles. The Bertz CT molecular complexity index is 3480. The summed E-state index contributed by atoms with van der Waals surface area (Å²) < 4.78 is 40.8. The first kappa shape index (κ1) is 56.9. The smallest absolute Gasteiger partial charge is 0.408 e. The number of carboxylic acids is 1. The van der Waals surface area contributed by atoms with Gasteiger partial charge in [0.2, 0.25) is 0 Å². The van der Waals surface area contributed by atoms with Gasteiger partial charge in [-0.25, -0.2) is 29.5 Å². The van der Waals surface area contributed by atoms with E-state index in [0.29, 0.717) is 88.4 Å². The minimum absolute atomic E-state index is 0.0842. The molecule has 0 unspecified atom stereocenters. The molecule has 9 rings (SSSR count). The van der Waals surface area contributed by atoms with Gasteiger partial charge in [0.1, 0.15) is 69.9 Å². The number of fused-ring (bicyclic) bond motifs is 4. The van der Waals surface area contributed by atoms with E-state index in [-0.39, 0.29) is 37.6 Å². The fourth-order valence-electron chi connectivity index (χ4n) is 8.81. The predicted octanol–water partition coefficient (Wildman–Crippen LogP) is 8.72. The fraction of sp³-hybridized carbons (Fsp3) is 0.463. The van der Waals surface area contributed by atoms with Gasteiger partial charge in [-0.05, 0) is 75.7 Å². The molecule has 0 radical (unpaired) electrons. The van der Waals surface area contributed by atoms with Crippen molar-refractivity contribution in [2.24, 2.45) is 14.1 Å². The molecular weight excluding hydrogens is 1030 g/mol. The fourth-order valence-corrected chi connectivity index (χ4v) is 10.3. The number of rotatable bonds is 18. The number of nitrogens with zero attached hydrogens (tertiary/aromatic N) is 10. The molecule has 22 nitrogen and oxygen atoms in total. The molecule has 3 N–H and O–H groups in total. The van der Waals surface area contributed by atoms with Crippen LogP contribution in [0.1, 0.15) is 47.9 Å². The van der Waals surface area contributed by atoms with Crippen molar-refractivity contribution in [3.8, 4) is 34.3 Å². The molecular formula is C54H72N12O10Si2. The lowest BCUT2D eigenvalue weighted by molar-refractivity contribution is 0.0249. The quantitative estimate of drug-likeness (QED) is 0.0537. The highest BCUT2D eigenvalue weighted by Crippen LogP contribution is 2.33. The van der Waals surface area contributed by atoms with Gasteiger partial charge in [-0.15, -0.1) is 0 Å². The van der Waals surface area contributed by atoms with Crippen LogP contribution >= 0.6 is 0 Å². The first-order valence-electron chi connectivity index (χ1n) is 25.9. The van der Waals surface area contributed by atoms with Crippen molar-refractivity contribution >= 4 is 78.3 Å². The van der Waals surface area contributed by atoms with Gasteiger partial charge in [0, 0.05) is 73.2 Å². The first-order chi connectivity index (χ1) is 36.9. The standard InChI is InChI=1S/C32H45N7O6Si.C22H27N5O4Si/c1-32(2,3)45-31(41)36-25-18-43-12-11-23(25)35-30(40)22-17-39(19-44-13-14-46(6,7)8)29-28(22)34-24(16-33-29)27-21-15-20(42-5)9-10-26(21)38(4)37-27;1-26-18-7-6-14(30-2)10-15(18)19(25-26)17-11-23-21-20(24-17)16(22(28)29)12-27(21)13-31-8-9-32(3,4)5/h9-10,15-17,23,25H,11-14,18-19H2,1-8H3,(H,35,40)(H,36,41);6-7,10-12H,8-9,13H2,1-5H3,(H,28,29)/t23-,25+;/m1./s1. The van der Waals surface area contributed by atoms with Crippen LogP contribution < -0.4 is 20.1 Å². The number of aryl methyl sites for hydroxylation is 2. The molecule has 8 aromatic rings. The van der Waals surface area contributed by atoms with Gasteiger partial charge in [0.05, 0.1) is 61.9 Å². The number of alkyl carbamates (subject to hydrolysis) is 1. The van der Waals surface area contributed by atoms with Gasteiger partial charge in [0.15, 0.2) is 11.3 Å². The van der Waals surface area contributed by atoms with E-state index in [1.807, 2.05) is 55.1 Å². The van der Waals surface area contributed by atoms with Crippen LogP contribution in [-0.2, 0) is 46.5 Å². The zero-order valence-corrected chi connectivity index (χ0v) is 48.9. The number of nitrogens with one attached hydrogen (secondary N) is 2. The summed E-state index contributed by atoms with van der Waals surface area (Å²) in [5.74, 6) is -0.000282. The number of carbonyl (C=O) groups excluding carboxylic acids is 2. The van der Waals surface area contributed by atoms with E-state index < -0.39 is 39.9 Å². The molecule has 416 valence electrons. The van der Waals surface area contributed by atoms with Gasteiger partial charge in [-0.2, -0.15) is 10.2 Å². The summed E-state index contributed by atoms with van der Waals surface area (Å²) in [6.07, 6.45) is 6.50. The molecule has 1 fully saturated rings. The summed E-state index contributed by atoms with van der Waals surface area (Å²) in [6, 6.07) is 12.6. The zero-order valence-electron chi connectivity index (χ0n) is 46.9. The Morgan fingerprint density at radius 1 is 0.718 bits per heavy atom. The summed E-state index contributed by atoms with van der Waals surface area (Å²) in [5, 5.41) is 26.7. The number of methoxy groups -OCH3 is 2. The molecule has 24 heteroatoms. The molecule has 1 saturated heterocycles. The molecule has 0 saturated carbocycles. The Morgan fingerprint density at radius 3 is 1.67 bits per heavy atom. The lowest BCUT2D eigenvalue weighted by Crippen LogP contribution is -2.57. The van der Waals surface area contributed by atoms with Crippen LogP contribution in [0.15, 0.2) is 61.2 Å². The number of aromatic nitrogens is 10. The number of carboxylic acid groups (broad SMARTS) is 1. The molecule has 6 aromatic heterocycles. The number of hydrogen-bond donors (Lipinski definition) is 3. The molecule has 0 spiro atoms. The van der Waals surface area contributed by atoms with Crippen LogP contribution in [0.3, 0.4) is 0 Å². The molecule has 2 atom stereocenters. The monoisotopic (exact) mass is 1100 g/mol. The number of ether oxygens (including phenoxy) is 6. The number of amides is 2. The lowest BCUT2D eigenvalue weighted by Gasteiger charge is -2.33. The minimum atomic E-state index is -1.28. The van der Waals surface area contributed by atoms with E-state index in [1.165, 1.54) is 6.20 Å². The minimum Gasteiger partial charge on any atom is -0.497 e. The van der Waals surface area contributed by atoms with E-state index in [1.54, 1.807) is 67.5 Å². The first-order valence-corrected chi connectivity index (χ1v) is 33.3. The third kappa shape index (κ3) is 13.5.